The minimum atomic E-state index is -0.599. The lowest BCUT2D eigenvalue weighted by Gasteiger charge is -2.58. The van der Waals surface area contributed by atoms with Crippen LogP contribution in [0.5, 0.6) is 0 Å². The highest BCUT2D eigenvalue weighted by atomic mass is 16.6. The normalized spacial score (nSPS) is 36.2. The molecule has 1 aliphatic heterocycles. The summed E-state index contributed by atoms with van der Waals surface area (Å²) in [6.07, 6.45) is 5.67. The van der Waals surface area contributed by atoms with Gasteiger partial charge in [0, 0.05) is 12.5 Å². The molecule has 2 aliphatic carbocycles. The first kappa shape index (κ1) is 23.4. The third-order valence-corrected chi connectivity index (χ3v) is 7.90. The molecule has 0 radical (unpaired) electrons. The standard InChI is InChI=1S/C24H41NO5/c1-22(2,3)30-21(28)25-14-7-9-17(25)20(27)29-15-16-18(26)10-11-19-23(4,5)12-8-13-24(16,19)6/h16-19,26H,7-15H2,1-6H3/t16-,17+,18-,19-,24+/m1/s1. The number of rotatable bonds is 3. The summed E-state index contributed by atoms with van der Waals surface area (Å²) >= 11 is 0. The van der Waals surface area contributed by atoms with Crippen LogP contribution < -0.4 is 0 Å². The predicted octanol–water partition coefficient (Wildman–Crippen LogP) is 4.53. The zero-order valence-corrected chi connectivity index (χ0v) is 19.7. The number of nitrogens with zero attached hydrogens (tertiary/aromatic N) is 1. The molecule has 1 N–H and O–H groups in total. The van der Waals surface area contributed by atoms with Crippen molar-refractivity contribution in [3.63, 3.8) is 0 Å². The summed E-state index contributed by atoms with van der Waals surface area (Å²) < 4.78 is 11.2. The molecule has 3 fully saturated rings. The summed E-state index contributed by atoms with van der Waals surface area (Å²) in [5, 5.41) is 10.8. The average Bonchev–Trinajstić information content (AvgIpc) is 3.08. The van der Waals surface area contributed by atoms with Gasteiger partial charge in [0.15, 0.2) is 0 Å². The highest BCUT2D eigenvalue weighted by molar-refractivity contribution is 5.82. The van der Waals surface area contributed by atoms with Crippen molar-refractivity contribution in [2.24, 2.45) is 22.7 Å². The van der Waals surface area contributed by atoms with E-state index in [0.29, 0.717) is 18.9 Å². The maximum absolute atomic E-state index is 12.9. The fraction of sp³-hybridized carbons (Fsp3) is 0.917. The van der Waals surface area contributed by atoms with Gasteiger partial charge in [-0.15, -0.1) is 0 Å². The van der Waals surface area contributed by atoms with Gasteiger partial charge in [-0.05, 0) is 76.0 Å². The van der Waals surface area contributed by atoms with E-state index in [1.807, 2.05) is 20.8 Å². The van der Waals surface area contributed by atoms with Gasteiger partial charge in [-0.2, -0.15) is 0 Å². The SMILES string of the molecule is CC(C)(C)OC(=O)N1CCC[C@H]1C(=O)OC[C@@H]1[C@H](O)CC[C@@H]2C(C)(C)CCC[C@@]12C. The van der Waals surface area contributed by atoms with Crippen molar-refractivity contribution in [2.75, 3.05) is 13.2 Å². The van der Waals surface area contributed by atoms with Crippen LogP contribution in [0, 0.1) is 22.7 Å². The van der Waals surface area contributed by atoms with Gasteiger partial charge in [0.1, 0.15) is 11.6 Å². The molecule has 6 heteroatoms. The molecule has 1 heterocycles. The smallest absolute Gasteiger partial charge is 0.411 e. The summed E-state index contributed by atoms with van der Waals surface area (Å²) in [5.74, 6) is 0.0955. The Labute approximate surface area is 181 Å². The van der Waals surface area contributed by atoms with Gasteiger partial charge >= 0.3 is 12.1 Å². The highest BCUT2D eigenvalue weighted by Crippen LogP contribution is 2.59. The Morgan fingerprint density at radius 1 is 1.07 bits per heavy atom. The molecule has 0 bridgehead atoms. The van der Waals surface area contributed by atoms with E-state index in [9.17, 15) is 14.7 Å². The van der Waals surface area contributed by atoms with Crippen molar-refractivity contribution in [2.45, 2.75) is 104 Å². The van der Waals surface area contributed by atoms with Crippen molar-refractivity contribution in [3.05, 3.63) is 0 Å². The summed E-state index contributed by atoms with van der Waals surface area (Å²) in [7, 11) is 0. The maximum atomic E-state index is 12.9. The van der Waals surface area contributed by atoms with Crippen LogP contribution in [0.15, 0.2) is 0 Å². The van der Waals surface area contributed by atoms with Crippen LogP contribution in [-0.4, -0.2) is 53.0 Å². The van der Waals surface area contributed by atoms with Crippen LogP contribution in [0.4, 0.5) is 4.79 Å². The molecule has 172 valence electrons. The first-order valence-corrected chi connectivity index (χ1v) is 11.7. The molecule has 0 unspecified atom stereocenters. The predicted molar refractivity (Wildman–Crippen MR) is 115 cm³/mol. The van der Waals surface area contributed by atoms with Crippen LogP contribution >= 0.6 is 0 Å². The minimum absolute atomic E-state index is 0.0276. The van der Waals surface area contributed by atoms with Crippen molar-refractivity contribution in [1.82, 2.24) is 4.90 Å². The number of amides is 1. The number of aliphatic hydroxyl groups is 1. The third-order valence-electron chi connectivity index (χ3n) is 7.90. The summed E-state index contributed by atoms with van der Waals surface area (Å²) in [6.45, 7) is 13.2. The van der Waals surface area contributed by atoms with Gasteiger partial charge < -0.3 is 14.6 Å². The molecule has 0 aromatic rings. The molecule has 6 nitrogen and oxygen atoms in total. The largest absolute Gasteiger partial charge is 0.464 e. The van der Waals surface area contributed by atoms with E-state index in [1.54, 1.807) is 0 Å². The number of likely N-dealkylation sites (tertiary alicyclic amines) is 1. The monoisotopic (exact) mass is 423 g/mol. The van der Waals surface area contributed by atoms with Crippen molar-refractivity contribution in [1.29, 1.82) is 0 Å². The lowest BCUT2D eigenvalue weighted by Crippen LogP contribution is -2.55. The zero-order chi connectivity index (χ0) is 22.3. The van der Waals surface area contributed by atoms with Gasteiger partial charge in [0.2, 0.25) is 0 Å². The number of fused-ring (bicyclic) bond motifs is 1. The van der Waals surface area contributed by atoms with Crippen LogP contribution in [0.2, 0.25) is 0 Å². The molecule has 0 aromatic heterocycles. The zero-order valence-electron chi connectivity index (χ0n) is 19.7. The average molecular weight is 424 g/mol. The first-order chi connectivity index (χ1) is 13.8. The van der Waals surface area contributed by atoms with Gasteiger partial charge in [-0.25, -0.2) is 9.59 Å². The fourth-order valence-electron chi connectivity index (χ4n) is 6.43. The Hall–Kier alpha value is -1.30. The van der Waals surface area contributed by atoms with Gasteiger partial charge in [0.05, 0.1) is 12.7 Å². The summed E-state index contributed by atoms with van der Waals surface area (Å²) in [5.41, 5.74) is -0.383. The van der Waals surface area contributed by atoms with Crippen LogP contribution in [0.3, 0.4) is 0 Å². The van der Waals surface area contributed by atoms with Gasteiger partial charge in [-0.1, -0.05) is 27.2 Å². The summed E-state index contributed by atoms with van der Waals surface area (Å²) in [4.78, 5) is 26.9. The van der Waals surface area contributed by atoms with Crippen LogP contribution in [0.25, 0.3) is 0 Å². The topological polar surface area (TPSA) is 76.1 Å². The van der Waals surface area contributed by atoms with E-state index >= 15 is 0 Å². The second kappa shape index (κ2) is 8.33. The molecule has 5 atom stereocenters. The number of carbonyl (C=O) groups is 2. The maximum Gasteiger partial charge on any atom is 0.411 e. The minimum Gasteiger partial charge on any atom is -0.464 e. The Bertz CT molecular complexity index is 654. The van der Waals surface area contributed by atoms with Crippen LogP contribution in [-0.2, 0) is 14.3 Å². The quantitative estimate of drug-likeness (QED) is 0.675. The fourth-order valence-corrected chi connectivity index (χ4v) is 6.43. The first-order valence-electron chi connectivity index (χ1n) is 11.7. The van der Waals surface area contributed by atoms with Crippen molar-refractivity contribution in [3.8, 4) is 0 Å². The number of hydrogen-bond donors (Lipinski definition) is 1. The van der Waals surface area contributed by atoms with Crippen LogP contribution in [0.1, 0.15) is 86.5 Å². The Balaban J connectivity index is 1.66. The van der Waals surface area contributed by atoms with E-state index in [-0.39, 0.29) is 29.3 Å². The molecular weight excluding hydrogens is 382 g/mol. The van der Waals surface area contributed by atoms with Gasteiger partial charge in [-0.3, -0.25) is 4.90 Å². The molecule has 2 saturated carbocycles. The lowest BCUT2D eigenvalue weighted by molar-refractivity contribution is -0.167. The molecule has 3 aliphatic rings. The molecule has 0 aromatic carbocycles. The highest BCUT2D eigenvalue weighted by Gasteiger charge is 2.55. The Morgan fingerprint density at radius 3 is 2.43 bits per heavy atom. The van der Waals surface area contributed by atoms with E-state index in [0.717, 1.165) is 32.1 Å². The number of carbonyl (C=O) groups excluding carboxylic acids is 2. The van der Waals surface area contributed by atoms with E-state index in [4.69, 9.17) is 9.47 Å². The van der Waals surface area contributed by atoms with E-state index in [2.05, 4.69) is 20.8 Å². The number of hydrogen-bond acceptors (Lipinski definition) is 5. The molecular formula is C24H41NO5. The summed E-state index contributed by atoms with van der Waals surface area (Å²) in [6, 6.07) is -0.591. The Kier molecular flexibility index (Phi) is 6.48. The van der Waals surface area contributed by atoms with Crippen molar-refractivity contribution >= 4 is 12.1 Å². The van der Waals surface area contributed by atoms with Crippen molar-refractivity contribution < 1.29 is 24.2 Å². The molecule has 1 saturated heterocycles. The molecule has 3 rings (SSSR count). The number of ether oxygens (including phenoxy) is 2. The third kappa shape index (κ3) is 4.63. The second-order valence-corrected chi connectivity index (χ2v) is 11.6. The van der Waals surface area contributed by atoms with E-state index in [1.165, 1.54) is 11.3 Å². The van der Waals surface area contributed by atoms with Gasteiger partial charge in [0.25, 0.3) is 0 Å². The molecule has 0 spiro atoms. The number of esters is 1. The Morgan fingerprint density at radius 2 is 1.77 bits per heavy atom. The molecule has 1 amide bonds. The lowest BCUT2D eigenvalue weighted by atomic mass is 9.48. The van der Waals surface area contributed by atoms with E-state index < -0.39 is 23.8 Å². The molecule has 30 heavy (non-hydrogen) atoms. The second-order valence-electron chi connectivity index (χ2n) is 11.6. The number of aliphatic hydroxyl groups excluding tert-OH is 1.